The zero-order valence-corrected chi connectivity index (χ0v) is 13.5. The van der Waals surface area contributed by atoms with Crippen LogP contribution in [-0.4, -0.2) is 22.6 Å². The van der Waals surface area contributed by atoms with Crippen LogP contribution in [0.1, 0.15) is 6.92 Å². The number of fused-ring (bicyclic) bond motifs is 1. The highest BCUT2D eigenvalue weighted by molar-refractivity contribution is 7.22. The molecule has 10 heteroatoms. The van der Waals surface area contributed by atoms with E-state index in [9.17, 15) is 18.0 Å². The number of hydrogen-bond acceptors (Lipinski definition) is 5. The number of amides is 1. The summed E-state index contributed by atoms with van der Waals surface area (Å²) in [5.74, 6) is -1.36. The van der Waals surface area contributed by atoms with Gasteiger partial charge in [0.2, 0.25) is 0 Å². The molecular formula is C14H8ClF3N4OS. The van der Waals surface area contributed by atoms with Crippen molar-refractivity contribution in [3.8, 4) is 6.07 Å². The third-order valence-electron chi connectivity index (χ3n) is 3.57. The molecule has 2 heterocycles. The molecule has 1 atom stereocenters. The van der Waals surface area contributed by atoms with E-state index in [0.717, 1.165) is 11.3 Å². The number of thiazole rings is 1. The van der Waals surface area contributed by atoms with Crippen LogP contribution >= 0.6 is 22.9 Å². The summed E-state index contributed by atoms with van der Waals surface area (Å²) in [4.78, 5) is 16.1. The molecule has 1 aliphatic heterocycles. The van der Waals surface area contributed by atoms with Crippen molar-refractivity contribution in [3.05, 3.63) is 34.5 Å². The van der Waals surface area contributed by atoms with E-state index in [2.05, 4.69) is 15.6 Å². The van der Waals surface area contributed by atoms with E-state index >= 15 is 0 Å². The van der Waals surface area contributed by atoms with Gasteiger partial charge in [-0.05, 0) is 25.1 Å². The lowest BCUT2D eigenvalue weighted by molar-refractivity contribution is -0.174. The summed E-state index contributed by atoms with van der Waals surface area (Å²) in [5, 5.41) is 13.6. The first-order chi connectivity index (χ1) is 11.2. The Hall–Kier alpha value is -2.31. The quantitative estimate of drug-likeness (QED) is 0.844. The molecule has 1 aromatic carbocycles. The molecule has 124 valence electrons. The Morgan fingerprint density at radius 3 is 2.79 bits per heavy atom. The number of halogens is 4. The Labute approximate surface area is 142 Å². The molecule has 3 rings (SSSR count). The van der Waals surface area contributed by atoms with Crippen molar-refractivity contribution in [1.29, 1.82) is 5.26 Å². The fraction of sp³-hybridized carbons (Fsp3) is 0.214. The number of nitrogens with one attached hydrogen (secondary N) is 2. The highest BCUT2D eigenvalue weighted by Crippen LogP contribution is 2.44. The number of hydrogen-bond donors (Lipinski definition) is 2. The van der Waals surface area contributed by atoms with Crippen LogP contribution in [0.2, 0.25) is 5.02 Å². The molecular weight excluding hydrogens is 365 g/mol. The molecule has 0 bridgehead atoms. The first-order valence-corrected chi connectivity index (χ1v) is 7.72. The van der Waals surface area contributed by atoms with Crippen molar-refractivity contribution in [2.45, 2.75) is 18.6 Å². The number of allylic oxidation sites excluding steroid dienone is 1. The molecule has 0 radical (unpaired) electrons. The molecule has 0 fully saturated rings. The fourth-order valence-electron chi connectivity index (χ4n) is 2.46. The first kappa shape index (κ1) is 16.5. The van der Waals surface area contributed by atoms with Crippen molar-refractivity contribution in [2.24, 2.45) is 0 Å². The highest BCUT2D eigenvalue weighted by Gasteiger charge is 2.67. The number of anilines is 1. The lowest BCUT2D eigenvalue weighted by atomic mass is 9.90. The van der Waals surface area contributed by atoms with Gasteiger partial charge in [0.15, 0.2) is 5.13 Å². The molecule has 1 aliphatic rings. The summed E-state index contributed by atoms with van der Waals surface area (Å²) < 4.78 is 41.7. The molecule has 0 aliphatic carbocycles. The predicted octanol–water partition coefficient (Wildman–Crippen LogP) is 3.59. The van der Waals surface area contributed by atoms with Gasteiger partial charge in [-0.15, -0.1) is 0 Å². The van der Waals surface area contributed by atoms with Gasteiger partial charge in [0.25, 0.3) is 11.4 Å². The molecule has 2 N–H and O–H groups in total. The summed E-state index contributed by atoms with van der Waals surface area (Å²) in [6.07, 6.45) is -5.03. The van der Waals surface area contributed by atoms with E-state index in [1.54, 1.807) is 18.2 Å². The topological polar surface area (TPSA) is 77.8 Å². The van der Waals surface area contributed by atoms with E-state index in [4.69, 9.17) is 16.9 Å². The van der Waals surface area contributed by atoms with Crippen molar-refractivity contribution in [1.82, 2.24) is 10.3 Å². The van der Waals surface area contributed by atoms with Crippen LogP contribution in [0, 0.1) is 11.3 Å². The van der Waals surface area contributed by atoms with Gasteiger partial charge in [-0.2, -0.15) is 18.4 Å². The maximum atomic E-state index is 13.7. The monoisotopic (exact) mass is 372 g/mol. The minimum Gasteiger partial charge on any atom is -0.335 e. The normalized spacial score (nSPS) is 21.1. The van der Waals surface area contributed by atoms with Gasteiger partial charge < -0.3 is 10.6 Å². The van der Waals surface area contributed by atoms with Crippen molar-refractivity contribution >= 4 is 44.2 Å². The highest BCUT2D eigenvalue weighted by atomic mass is 35.5. The first-order valence-electron chi connectivity index (χ1n) is 6.53. The van der Waals surface area contributed by atoms with Crippen LogP contribution in [0.3, 0.4) is 0 Å². The maximum Gasteiger partial charge on any atom is 0.425 e. The number of rotatable bonds is 2. The van der Waals surface area contributed by atoms with Crippen LogP contribution in [0.15, 0.2) is 29.5 Å². The van der Waals surface area contributed by atoms with E-state index in [1.165, 1.54) is 13.0 Å². The second-order valence-corrected chi connectivity index (χ2v) is 6.54. The molecule has 5 nitrogen and oxygen atoms in total. The Kier molecular flexibility index (Phi) is 3.69. The lowest BCUT2D eigenvalue weighted by Gasteiger charge is -2.30. The number of nitriles is 1. The lowest BCUT2D eigenvalue weighted by Crippen LogP contribution is -2.59. The number of benzene rings is 1. The van der Waals surface area contributed by atoms with Crippen LogP contribution in [0.25, 0.3) is 10.2 Å². The zero-order chi connectivity index (χ0) is 17.7. The van der Waals surface area contributed by atoms with Gasteiger partial charge in [0.1, 0.15) is 0 Å². The minimum absolute atomic E-state index is 0.137. The standard InChI is InChI=1S/C14H8ClF3N4OS/c1-6-8(5-19)13(11(23)20-6,14(16,17)18)22-12-21-9-3-2-7(15)4-10(9)24-12/h2-4H,1H3,(H,20,23)(H,21,22)/t13-/m1/s1. The molecule has 0 spiro atoms. The number of carbonyl (C=O) groups is 1. The van der Waals surface area contributed by atoms with Gasteiger partial charge in [-0.3, -0.25) is 4.79 Å². The summed E-state index contributed by atoms with van der Waals surface area (Å²) in [5.41, 5.74) is -3.60. The smallest absolute Gasteiger partial charge is 0.335 e. The van der Waals surface area contributed by atoms with Gasteiger partial charge in [-0.25, -0.2) is 4.98 Å². The Morgan fingerprint density at radius 1 is 1.46 bits per heavy atom. The fourth-order valence-corrected chi connectivity index (χ4v) is 3.66. The molecule has 0 unspecified atom stereocenters. The van der Waals surface area contributed by atoms with Crippen LogP contribution in [-0.2, 0) is 4.79 Å². The van der Waals surface area contributed by atoms with Gasteiger partial charge in [0, 0.05) is 10.7 Å². The third-order valence-corrected chi connectivity index (χ3v) is 4.74. The summed E-state index contributed by atoms with van der Waals surface area (Å²) in [6, 6.07) is 6.14. The van der Waals surface area contributed by atoms with Crippen LogP contribution in [0.4, 0.5) is 18.3 Å². The molecule has 2 aromatic rings. The molecule has 1 amide bonds. The van der Waals surface area contributed by atoms with Crippen LogP contribution < -0.4 is 10.6 Å². The predicted molar refractivity (Wildman–Crippen MR) is 83.5 cm³/mol. The van der Waals surface area contributed by atoms with Gasteiger partial charge in [0.05, 0.1) is 21.9 Å². The van der Waals surface area contributed by atoms with Crippen LogP contribution in [0.5, 0.6) is 0 Å². The number of carbonyl (C=O) groups excluding carboxylic acids is 1. The Bertz CT molecular complexity index is 930. The van der Waals surface area contributed by atoms with Crippen molar-refractivity contribution < 1.29 is 18.0 Å². The molecule has 0 saturated carbocycles. The van der Waals surface area contributed by atoms with E-state index in [0.29, 0.717) is 15.2 Å². The van der Waals surface area contributed by atoms with Crippen molar-refractivity contribution in [3.63, 3.8) is 0 Å². The molecule has 0 saturated heterocycles. The number of alkyl halides is 3. The Balaban J connectivity index is 2.14. The van der Waals surface area contributed by atoms with E-state index < -0.39 is 23.2 Å². The van der Waals surface area contributed by atoms with Gasteiger partial charge >= 0.3 is 6.18 Å². The average molecular weight is 373 g/mol. The molecule has 24 heavy (non-hydrogen) atoms. The SMILES string of the molecule is CC1=C(C#N)[C@](Nc2nc3ccc(Cl)cc3s2)(C(F)(F)F)C(=O)N1. The zero-order valence-electron chi connectivity index (χ0n) is 12.0. The molecule has 1 aromatic heterocycles. The third kappa shape index (κ3) is 2.30. The summed E-state index contributed by atoms with van der Waals surface area (Å²) >= 11 is 6.76. The minimum atomic E-state index is -5.03. The van der Waals surface area contributed by atoms with E-state index in [-0.39, 0.29) is 10.8 Å². The maximum absolute atomic E-state index is 13.7. The van der Waals surface area contributed by atoms with Crippen molar-refractivity contribution in [2.75, 3.05) is 5.32 Å². The number of aromatic nitrogens is 1. The summed E-state index contributed by atoms with van der Waals surface area (Å²) in [7, 11) is 0. The second-order valence-electron chi connectivity index (χ2n) is 5.07. The van der Waals surface area contributed by atoms with E-state index in [1.807, 2.05) is 0 Å². The average Bonchev–Trinajstić information content (AvgIpc) is 2.96. The number of nitrogens with zero attached hydrogens (tertiary/aromatic N) is 2. The largest absolute Gasteiger partial charge is 0.425 e. The summed E-state index contributed by atoms with van der Waals surface area (Å²) in [6.45, 7) is 1.24. The van der Waals surface area contributed by atoms with Gasteiger partial charge in [-0.1, -0.05) is 22.9 Å². The Morgan fingerprint density at radius 2 is 2.17 bits per heavy atom. The second kappa shape index (κ2) is 5.36.